The first-order chi connectivity index (χ1) is 5.72. The van der Waals surface area contributed by atoms with Gasteiger partial charge in [0.1, 0.15) is 6.04 Å². The molecule has 0 aromatic heterocycles. The second-order valence-corrected chi connectivity index (χ2v) is 3.90. The summed E-state index contributed by atoms with van der Waals surface area (Å²) < 4.78 is 0. The fourth-order valence-corrected chi connectivity index (χ4v) is 2.21. The minimum absolute atomic E-state index is 0.239. The lowest BCUT2D eigenvalue weighted by Gasteiger charge is -2.19. The third-order valence-corrected chi connectivity index (χ3v) is 2.99. The van der Waals surface area contributed by atoms with E-state index in [0.717, 1.165) is 32.5 Å². The number of hydrogen-bond donors (Lipinski definition) is 3. The molecular weight excluding hydrogens is 156 g/mol. The number of nitrogens with one attached hydrogen (secondary N) is 2. The maximum Gasteiger partial charge on any atom is 0.320 e. The standard InChI is InChI=1S/C8H14N2O2/c11-7(12)6-3-8(5-10-6)1-2-9-4-8/h6,9-10H,1-5H2,(H,11,12). The van der Waals surface area contributed by atoms with Crippen molar-refractivity contribution in [1.82, 2.24) is 10.6 Å². The first-order valence-corrected chi connectivity index (χ1v) is 4.39. The van der Waals surface area contributed by atoms with Crippen molar-refractivity contribution in [1.29, 1.82) is 0 Å². The molecule has 2 fully saturated rings. The molecule has 0 amide bonds. The molecule has 2 atom stereocenters. The van der Waals surface area contributed by atoms with Gasteiger partial charge in [0.25, 0.3) is 0 Å². The maximum atomic E-state index is 10.7. The van der Waals surface area contributed by atoms with E-state index in [1.54, 1.807) is 0 Å². The zero-order valence-electron chi connectivity index (χ0n) is 6.97. The Bertz CT molecular complexity index is 199. The summed E-state index contributed by atoms with van der Waals surface area (Å²) in [6.07, 6.45) is 1.90. The molecule has 4 heteroatoms. The molecule has 12 heavy (non-hydrogen) atoms. The van der Waals surface area contributed by atoms with Crippen LogP contribution in [-0.4, -0.2) is 36.8 Å². The van der Waals surface area contributed by atoms with Crippen LogP contribution in [-0.2, 0) is 4.79 Å². The zero-order chi connectivity index (χ0) is 8.60. The smallest absolute Gasteiger partial charge is 0.320 e. The summed E-state index contributed by atoms with van der Waals surface area (Å²) in [4.78, 5) is 10.7. The Morgan fingerprint density at radius 3 is 2.83 bits per heavy atom. The monoisotopic (exact) mass is 170 g/mol. The molecule has 0 radical (unpaired) electrons. The fourth-order valence-electron chi connectivity index (χ4n) is 2.21. The van der Waals surface area contributed by atoms with Gasteiger partial charge in [0.05, 0.1) is 0 Å². The maximum absolute atomic E-state index is 10.7. The lowest BCUT2D eigenvalue weighted by molar-refractivity contribution is -0.139. The molecule has 0 saturated carbocycles. The van der Waals surface area contributed by atoms with Crippen LogP contribution in [0.5, 0.6) is 0 Å². The summed E-state index contributed by atoms with van der Waals surface area (Å²) in [7, 11) is 0. The van der Waals surface area contributed by atoms with Crippen LogP contribution < -0.4 is 10.6 Å². The van der Waals surface area contributed by atoms with Gasteiger partial charge in [0, 0.05) is 13.1 Å². The van der Waals surface area contributed by atoms with E-state index < -0.39 is 5.97 Å². The Labute approximate surface area is 71.3 Å². The van der Waals surface area contributed by atoms with Gasteiger partial charge in [0.2, 0.25) is 0 Å². The number of aliphatic carboxylic acids is 1. The lowest BCUT2D eigenvalue weighted by atomic mass is 9.85. The predicted octanol–water partition coefficient (Wildman–Crippen LogP) is -0.587. The molecule has 2 aliphatic rings. The SMILES string of the molecule is O=C(O)C1CC2(CCNC2)CN1. The average molecular weight is 170 g/mol. The van der Waals surface area contributed by atoms with Crippen molar-refractivity contribution in [3.05, 3.63) is 0 Å². The Kier molecular flexibility index (Phi) is 1.81. The number of carbonyl (C=O) groups is 1. The van der Waals surface area contributed by atoms with Gasteiger partial charge in [-0.1, -0.05) is 0 Å². The fraction of sp³-hybridized carbons (Fsp3) is 0.875. The Balaban J connectivity index is 2.01. The van der Waals surface area contributed by atoms with E-state index in [1.807, 2.05) is 0 Å². The van der Waals surface area contributed by atoms with Crippen LogP contribution in [0, 0.1) is 5.41 Å². The minimum Gasteiger partial charge on any atom is -0.480 e. The van der Waals surface area contributed by atoms with Crippen molar-refractivity contribution in [3.8, 4) is 0 Å². The van der Waals surface area contributed by atoms with Gasteiger partial charge in [-0.3, -0.25) is 4.79 Å². The van der Waals surface area contributed by atoms with E-state index in [2.05, 4.69) is 10.6 Å². The van der Waals surface area contributed by atoms with Gasteiger partial charge in [-0.25, -0.2) is 0 Å². The van der Waals surface area contributed by atoms with E-state index in [1.165, 1.54) is 0 Å². The summed E-state index contributed by atoms with van der Waals surface area (Å²) in [6.45, 7) is 2.87. The van der Waals surface area contributed by atoms with E-state index in [0.29, 0.717) is 0 Å². The van der Waals surface area contributed by atoms with Gasteiger partial charge < -0.3 is 15.7 Å². The first-order valence-electron chi connectivity index (χ1n) is 4.39. The highest BCUT2D eigenvalue weighted by Crippen LogP contribution is 2.34. The molecule has 2 rings (SSSR count). The largest absolute Gasteiger partial charge is 0.480 e. The molecular formula is C8H14N2O2. The van der Waals surface area contributed by atoms with Crippen molar-refractivity contribution in [2.24, 2.45) is 5.41 Å². The van der Waals surface area contributed by atoms with Gasteiger partial charge in [-0.05, 0) is 24.8 Å². The summed E-state index contributed by atoms with van der Waals surface area (Å²) in [5.41, 5.74) is 0.239. The highest BCUT2D eigenvalue weighted by atomic mass is 16.4. The normalized spacial score (nSPS) is 40.8. The molecule has 2 unspecified atom stereocenters. The molecule has 0 bridgehead atoms. The molecule has 0 aliphatic carbocycles. The molecule has 3 N–H and O–H groups in total. The summed E-state index contributed by atoms with van der Waals surface area (Å²) in [5.74, 6) is -0.709. The predicted molar refractivity (Wildman–Crippen MR) is 44.0 cm³/mol. The number of carboxylic acids is 1. The van der Waals surface area contributed by atoms with Crippen molar-refractivity contribution in [2.45, 2.75) is 18.9 Å². The van der Waals surface area contributed by atoms with E-state index in [9.17, 15) is 4.79 Å². The quantitative estimate of drug-likeness (QED) is 0.492. The topological polar surface area (TPSA) is 61.4 Å². The molecule has 4 nitrogen and oxygen atoms in total. The summed E-state index contributed by atoms with van der Waals surface area (Å²) in [5, 5.41) is 15.1. The van der Waals surface area contributed by atoms with Crippen LogP contribution in [0.4, 0.5) is 0 Å². The molecule has 68 valence electrons. The Morgan fingerprint density at radius 2 is 2.33 bits per heavy atom. The van der Waals surface area contributed by atoms with Crippen LogP contribution in [0.25, 0.3) is 0 Å². The molecule has 2 aliphatic heterocycles. The Morgan fingerprint density at radius 1 is 1.50 bits per heavy atom. The van der Waals surface area contributed by atoms with E-state index in [4.69, 9.17) is 5.11 Å². The van der Waals surface area contributed by atoms with Crippen molar-refractivity contribution in [3.63, 3.8) is 0 Å². The van der Waals surface area contributed by atoms with Crippen LogP contribution in [0.2, 0.25) is 0 Å². The van der Waals surface area contributed by atoms with Crippen molar-refractivity contribution >= 4 is 5.97 Å². The average Bonchev–Trinajstić information content (AvgIpc) is 2.62. The molecule has 0 aromatic rings. The van der Waals surface area contributed by atoms with Gasteiger partial charge in [-0.15, -0.1) is 0 Å². The number of hydrogen-bond acceptors (Lipinski definition) is 3. The summed E-state index contributed by atoms with van der Waals surface area (Å²) >= 11 is 0. The highest BCUT2D eigenvalue weighted by Gasteiger charge is 2.43. The summed E-state index contributed by atoms with van der Waals surface area (Å²) in [6, 6.07) is -0.315. The third-order valence-electron chi connectivity index (χ3n) is 2.99. The second-order valence-electron chi connectivity index (χ2n) is 3.90. The minimum atomic E-state index is -0.709. The molecule has 0 aromatic carbocycles. The van der Waals surface area contributed by atoms with Crippen LogP contribution in [0.15, 0.2) is 0 Å². The van der Waals surface area contributed by atoms with Crippen LogP contribution in [0.1, 0.15) is 12.8 Å². The van der Waals surface area contributed by atoms with Gasteiger partial charge >= 0.3 is 5.97 Å². The number of carboxylic acid groups (broad SMARTS) is 1. The highest BCUT2D eigenvalue weighted by molar-refractivity contribution is 5.74. The Hall–Kier alpha value is -0.610. The lowest BCUT2D eigenvalue weighted by Crippen LogP contribution is -2.30. The first kappa shape index (κ1) is 8.01. The van der Waals surface area contributed by atoms with Gasteiger partial charge in [-0.2, -0.15) is 0 Å². The van der Waals surface area contributed by atoms with E-state index >= 15 is 0 Å². The number of rotatable bonds is 1. The third kappa shape index (κ3) is 1.21. The van der Waals surface area contributed by atoms with Crippen molar-refractivity contribution in [2.75, 3.05) is 19.6 Å². The second kappa shape index (κ2) is 2.71. The molecule has 2 saturated heterocycles. The van der Waals surface area contributed by atoms with Crippen LogP contribution >= 0.6 is 0 Å². The van der Waals surface area contributed by atoms with Crippen molar-refractivity contribution < 1.29 is 9.90 Å². The molecule has 2 heterocycles. The zero-order valence-corrected chi connectivity index (χ0v) is 6.97. The van der Waals surface area contributed by atoms with Gasteiger partial charge in [0.15, 0.2) is 0 Å². The van der Waals surface area contributed by atoms with Crippen LogP contribution in [0.3, 0.4) is 0 Å². The van der Waals surface area contributed by atoms with E-state index in [-0.39, 0.29) is 11.5 Å². The molecule has 1 spiro atoms.